The molecule has 1 heterocycles. The smallest absolute Gasteiger partial charge is 0.307 e. The summed E-state index contributed by atoms with van der Waals surface area (Å²) in [7, 11) is 1.29. The Balaban J connectivity index is 1.50. The van der Waals surface area contributed by atoms with Crippen molar-refractivity contribution in [2.45, 2.75) is 38.6 Å². The number of carbonyl (C=O) groups is 2. The minimum Gasteiger partial charge on any atom is -0.508 e. The minimum atomic E-state index is -0.640. The monoisotopic (exact) mass is 498 g/mol. The first-order valence-corrected chi connectivity index (χ1v) is 12.0. The molecule has 0 aliphatic carbocycles. The zero-order valence-electron chi connectivity index (χ0n) is 21.3. The number of rotatable bonds is 7. The number of hydrogen-bond donors (Lipinski definition) is 2. The van der Waals surface area contributed by atoms with E-state index in [1.807, 2.05) is 30.3 Å². The number of hydrogen-bond acceptors (Lipinski definition) is 6. The van der Waals surface area contributed by atoms with E-state index in [0.29, 0.717) is 11.3 Å². The van der Waals surface area contributed by atoms with E-state index in [2.05, 4.69) is 43.2 Å². The first kappa shape index (κ1) is 25.7. The Hall–Kier alpha value is -4.39. The second-order valence-corrected chi connectivity index (χ2v) is 9.85. The number of phenols is 1. The molecule has 0 aliphatic heterocycles. The number of pyridine rings is 1. The second-order valence-electron chi connectivity index (χ2n) is 9.85. The van der Waals surface area contributed by atoms with Crippen LogP contribution in [-0.4, -0.2) is 29.1 Å². The van der Waals surface area contributed by atoms with Gasteiger partial charge in [-0.3, -0.25) is 14.6 Å². The molecule has 2 N–H and O–H groups in total. The van der Waals surface area contributed by atoms with Gasteiger partial charge in [-0.05, 0) is 64.4 Å². The molecule has 1 atom stereocenters. The lowest BCUT2D eigenvalue weighted by Crippen LogP contribution is -2.31. The van der Waals surface area contributed by atoms with Crippen molar-refractivity contribution in [1.82, 2.24) is 10.3 Å². The summed E-state index contributed by atoms with van der Waals surface area (Å²) in [5.74, 6) is 0.601. The second kappa shape index (κ2) is 10.7. The maximum absolute atomic E-state index is 13.0. The van der Waals surface area contributed by atoms with Crippen molar-refractivity contribution in [1.29, 1.82) is 0 Å². The number of phenolic OH excluding ortho intramolecular Hbond substituents is 1. The molecule has 4 aromatic rings. The average Bonchev–Trinajstić information content (AvgIpc) is 2.88. The number of aromatic hydroxyl groups is 1. The third-order valence-electron chi connectivity index (χ3n) is 6.08. The Bertz CT molecular complexity index is 1410. The van der Waals surface area contributed by atoms with Crippen molar-refractivity contribution in [3.05, 3.63) is 95.8 Å². The van der Waals surface area contributed by atoms with Crippen LogP contribution in [0, 0.1) is 0 Å². The number of carbonyl (C=O) groups excluding carboxylic acids is 2. The lowest BCUT2D eigenvalue weighted by atomic mass is 9.87. The van der Waals surface area contributed by atoms with Gasteiger partial charge < -0.3 is 19.9 Å². The fraction of sp³-hybridized carbons (Fsp3) is 0.233. The maximum Gasteiger partial charge on any atom is 0.307 e. The number of benzene rings is 3. The normalized spacial score (nSPS) is 12.1. The van der Waals surface area contributed by atoms with Crippen LogP contribution in [-0.2, 0) is 14.9 Å². The van der Waals surface area contributed by atoms with E-state index in [0.717, 1.165) is 16.5 Å². The van der Waals surface area contributed by atoms with Crippen molar-refractivity contribution in [3.8, 4) is 17.2 Å². The Morgan fingerprint density at radius 1 is 0.919 bits per heavy atom. The summed E-state index contributed by atoms with van der Waals surface area (Å²) in [4.78, 5) is 29.3. The predicted octanol–water partition coefficient (Wildman–Crippen LogP) is 6.06. The van der Waals surface area contributed by atoms with Crippen molar-refractivity contribution in [2.24, 2.45) is 0 Å². The molecule has 0 aliphatic rings. The molecule has 0 fully saturated rings. The third-order valence-corrected chi connectivity index (χ3v) is 6.08. The molecule has 0 spiro atoms. The molecular weight excluding hydrogens is 468 g/mol. The minimum absolute atomic E-state index is 0.0575. The number of amides is 1. The molecule has 1 unspecified atom stereocenters. The highest BCUT2D eigenvalue weighted by molar-refractivity contribution is 5.97. The van der Waals surface area contributed by atoms with E-state index in [-0.39, 0.29) is 23.3 Å². The predicted molar refractivity (Wildman–Crippen MR) is 142 cm³/mol. The molecule has 7 nitrogen and oxygen atoms in total. The zero-order valence-corrected chi connectivity index (χ0v) is 21.3. The lowest BCUT2D eigenvalue weighted by molar-refractivity contribution is -0.141. The standard InChI is InChI=1S/C30H30N2O5/c1-30(2,3)22-8-13-24(14-9-22)37-25-12-7-20-16-27(31-18-21(20)15-25)29(35)32-26(17-28(34)36-4)19-5-10-23(33)11-6-19/h5-16,18,26,33H,17H2,1-4H3,(H,32,35). The van der Waals surface area contributed by atoms with E-state index in [1.165, 1.54) is 24.8 Å². The van der Waals surface area contributed by atoms with Gasteiger partial charge in [0.2, 0.25) is 0 Å². The molecule has 0 radical (unpaired) electrons. The van der Waals surface area contributed by atoms with Crippen LogP contribution < -0.4 is 10.1 Å². The van der Waals surface area contributed by atoms with E-state index >= 15 is 0 Å². The van der Waals surface area contributed by atoms with Gasteiger partial charge in [0.15, 0.2) is 0 Å². The van der Waals surface area contributed by atoms with Gasteiger partial charge in [0.1, 0.15) is 22.9 Å². The van der Waals surface area contributed by atoms with Crippen molar-refractivity contribution in [2.75, 3.05) is 7.11 Å². The van der Waals surface area contributed by atoms with E-state index < -0.39 is 17.9 Å². The first-order chi connectivity index (χ1) is 17.6. The largest absolute Gasteiger partial charge is 0.508 e. The average molecular weight is 499 g/mol. The Kier molecular flexibility index (Phi) is 7.43. The van der Waals surface area contributed by atoms with Crippen molar-refractivity contribution in [3.63, 3.8) is 0 Å². The zero-order chi connectivity index (χ0) is 26.6. The molecule has 190 valence electrons. The maximum atomic E-state index is 13.0. The molecule has 0 bridgehead atoms. The summed E-state index contributed by atoms with van der Waals surface area (Å²) in [6.45, 7) is 6.50. The fourth-order valence-electron chi connectivity index (χ4n) is 3.91. The lowest BCUT2D eigenvalue weighted by Gasteiger charge is -2.19. The van der Waals surface area contributed by atoms with Crippen LogP contribution in [0.4, 0.5) is 0 Å². The Morgan fingerprint density at radius 2 is 1.59 bits per heavy atom. The van der Waals surface area contributed by atoms with Gasteiger partial charge in [-0.25, -0.2) is 0 Å². The van der Waals surface area contributed by atoms with Crippen LogP contribution in [0.1, 0.15) is 54.8 Å². The van der Waals surface area contributed by atoms with Gasteiger partial charge in [-0.2, -0.15) is 0 Å². The number of aromatic nitrogens is 1. The van der Waals surface area contributed by atoms with Crippen molar-refractivity contribution >= 4 is 22.6 Å². The molecular formula is C30H30N2O5. The first-order valence-electron chi connectivity index (χ1n) is 12.0. The SMILES string of the molecule is COC(=O)CC(NC(=O)c1cc2ccc(Oc3ccc(C(C)(C)C)cc3)cc2cn1)c1ccc(O)cc1. The quantitative estimate of drug-likeness (QED) is 0.300. The fourth-order valence-corrected chi connectivity index (χ4v) is 3.91. The highest BCUT2D eigenvalue weighted by Crippen LogP contribution is 2.29. The summed E-state index contributed by atoms with van der Waals surface area (Å²) >= 11 is 0. The molecule has 1 aromatic heterocycles. The Labute approximate surface area is 216 Å². The van der Waals surface area contributed by atoms with Gasteiger partial charge in [-0.1, -0.05) is 51.1 Å². The molecule has 7 heteroatoms. The number of ether oxygens (including phenoxy) is 2. The van der Waals surface area contributed by atoms with Crippen LogP contribution in [0.2, 0.25) is 0 Å². The van der Waals surface area contributed by atoms with Crippen LogP contribution in [0.25, 0.3) is 10.8 Å². The van der Waals surface area contributed by atoms with E-state index in [4.69, 9.17) is 9.47 Å². The molecule has 1 amide bonds. The van der Waals surface area contributed by atoms with Gasteiger partial charge in [0.25, 0.3) is 5.91 Å². The number of esters is 1. The number of methoxy groups -OCH3 is 1. The van der Waals surface area contributed by atoms with Gasteiger partial charge in [-0.15, -0.1) is 0 Å². The molecule has 3 aromatic carbocycles. The number of fused-ring (bicyclic) bond motifs is 1. The topological polar surface area (TPSA) is 97.8 Å². The highest BCUT2D eigenvalue weighted by Gasteiger charge is 2.21. The molecule has 37 heavy (non-hydrogen) atoms. The van der Waals surface area contributed by atoms with Crippen LogP contribution in [0.15, 0.2) is 79.0 Å². The van der Waals surface area contributed by atoms with Gasteiger partial charge in [0.05, 0.1) is 19.6 Å². The van der Waals surface area contributed by atoms with Gasteiger partial charge >= 0.3 is 5.97 Å². The van der Waals surface area contributed by atoms with Crippen LogP contribution in [0.3, 0.4) is 0 Å². The van der Waals surface area contributed by atoms with Crippen molar-refractivity contribution < 1.29 is 24.2 Å². The van der Waals surface area contributed by atoms with E-state index in [9.17, 15) is 14.7 Å². The van der Waals surface area contributed by atoms with Crippen LogP contribution >= 0.6 is 0 Å². The Morgan fingerprint density at radius 3 is 2.24 bits per heavy atom. The number of nitrogens with one attached hydrogen (secondary N) is 1. The summed E-state index contributed by atoms with van der Waals surface area (Å²) in [6, 6.07) is 21.0. The summed E-state index contributed by atoms with van der Waals surface area (Å²) in [5, 5.41) is 14.1. The molecule has 0 saturated carbocycles. The van der Waals surface area contributed by atoms with E-state index in [1.54, 1.807) is 24.4 Å². The third kappa shape index (κ3) is 6.44. The highest BCUT2D eigenvalue weighted by atomic mass is 16.5. The summed E-state index contributed by atoms with van der Waals surface area (Å²) in [6.07, 6.45) is 1.56. The number of nitrogens with zero attached hydrogens (tertiary/aromatic N) is 1. The summed E-state index contributed by atoms with van der Waals surface area (Å²) < 4.78 is 10.8. The molecule has 4 rings (SSSR count). The summed E-state index contributed by atoms with van der Waals surface area (Å²) in [5.41, 5.74) is 2.18. The molecule has 0 saturated heterocycles. The van der Waals surface area contributed by atoms with Gasteiger partial charge in [0, 0.05) is 11.6 Å². The van der Waals surface area contributed by atoms with Crippen LogP contribution in [0.5, 0.6) is 17.2 Å².